The lowest BCUT2D eigenvalue weighted by Crippen LogP contribution is -3.19. The molecule has 4 rings (SSSR count). The first-order valence-electron chi connectivity index (χ1n) is 11.0. The molecule has 2 aliphatic heterocycles. The van der Waals surface area contributed by atoms with E-state index in [1.165, 1.54) is 9.21 Å². The Bertz CT molecular complexity index is 1160. The summed E-state index contributed by atoms with van der Waals surface area (Å²) in [5.41, 5.74) is 4.06. The molecule has 0 unspecified atom stereocenters. The summed E-state index contributed by atoms with van der Waals surface area (Å²) < 4.78 is 28.2. The largest absolute Gasteiger partial charge is 0.322 e. The normalized spacial score (nSPS) is 20.9. The number of amides is 2. The number of rotatable bonds is 4. The number of imide groups is 1. The molecular formula is C24H30N3O4S+. The molecule has 2 amide bonds. The van der Waals surface area contributed by atoms with Gasteiger partial charge in [0.1, 0.15) is 0 Å². The second-order valence-electron chi connectivity index (χ2n) is 8.90. The van der Waals surface area contributed by atoms with Crippen LogP contribution in [0.15, 0.2) is 41.3 Å². The Hall–Kier alpha value is -2.55. The molecule has 8 heteroatoms. The number of quaternary nitrogens is 1. The molecule has 0 aromatic heterocycles. The number of hydrogen-bond donors (Lipinski definition) is 1. The highest BCUT2D eigenvalue weighted by molar-refractivity contribution is 7.89. The summed E-state index contributed by atoms with van der Waals surface area (Å²) in [5, 5.41) is 0. The molecule has 0 aliphatic carbocycles. The second kappa shape index (κ2) is 8.42. The van der Waals surface area contributed by atoms with Crippen LogP contribution in [0.3, 0.4) is 0 Å². The van der Waals surface area contributed by atoms with E-state index in [1.54, 1.807) is 6.07 Å². The van der Waals surface area contributed by atoms with Gasteiger partial charge in [0.25, 0.3) is 5.91 Å². The van der Waals surface area contributed by atoms with Gasteiger partial charge in [-0.3, -0.25) is 9.59 Å². The summed E-state index contributed by atoms with van der Waals surface area (Å²) in [6, 6.07) is 10.7. The van der Waals surface area contributed by atoms with Crippen LogP contribution in [-0.4, -0.2) is 56.8 Å². The van der Waals surface area contributed by atoms with E-state index in [2.05, 4.69) is 0 Å². The molecule has 2 heterocycles. The van der Waals surface area contributed by atoms with E-state index in [0.717, 1.165) is 27.2 Å². The highest BCUT2D eigenvalue weighted by Crippen LogP contribution is 2.27. The highest BCUT2D eigenvalue weighted by atomic mass is 32.2. The molecule has 0 radical (unpaired) electrons. The van der Waals surface area contributed by atoms with Crippen LogP contribution in [0.5, 0.6) is 0 Å². The Labute approximate surface area is 189 Å². The smallest absolute Gasteiger partial charge is 0.292 e. The quantitative estimate of drug-likeness (QED) is 0.700. The van der Waals surface area contributed by atoms with Crippen LogP contribution in [0.2, 0.25) is 0 Å². The van der Waals surface area contributed by atoms with Crippen LogP contribution in [0.25, 0.3) is 0 Å². The van der Waals surface area contributed by atoms with Crippen molar-refractivity contribution in [2.24, 2.45) is 0 Å². The van der Waals surface area contributed by atoms with E-state index in [4.69, 9.17) is 0 Å². The van der Waals surface area contributed by atoms with Crippen LogP contribution >= 0.6 is 0 Å². The number of anilines is 1. The topological polar surface area (TPSA) is 79.2 Å². The molecule has 1 atom stereocenters. The van der Waals surface area contributed by atoms with Crippen molar-refractivity contribution in [2.45, 2.75) is 45.1 Å². The van der Waals surface area contributed by atoms with E-state index in [-0.39, 0.29) is 18.2 Å². The first-order chi connectivity index (χ1) is 15.1. The van der Waals surface area contributed by atoms with Crippen LogP contribution in [0.1, 0.15) is 28.7 Å². The first kappa shape index (κ1) is 22.6. The number of benzene rings is 2. The summed E-state index contributed by atoms with van der Waals surface area (Å²) in [5.74, 6) is -0.386. The van der Waals surface area contributed by atoms with Gasteiger partial charge in [0, 0.05) is 0 Å². The molecule has 0 spiro atoms. The molecule has 1 N–H and O–H groups in total. The molecule has 2 aromatic rings. The predicted molar refractivity (Wildman–Crippen MR) is 122 cm³/mol. The first-order valence-corrected chi connectivity index (χ1v) is 12.4. The van der Waals surface area contributed by atoms with Crippen LogP contribution in [-0.2, 0) is 19.6 Å². The number of nitrogens with one attached hydrogen (secondary N) is 1. The average molecular weight is 457 g/mol. The summed E-state index contributed by atoms with van der Waals surface area (Å²) in [4.78, 5) is 28.5. The van der Waals surface area contributed by atoms with Crippen molar-refractivity contribution < 1.29 is 22.9 Å². The molecular weight excluding hydrogens is 426 g/mol. The molecule has 170 valence electrons. The second-order valence-corrected chi connectivity index (χ2v) is 10.8. The van der Waals surface area contributed by atoms with Gasteiger partial charge in [0.05, 0.1) is 43.2 Å². The molecule has 2 aromatic carbocycles. The van der Waals surface area contributed by atoms with E-state index < -0.39 is 16.1 Å². The van der Waals surface area contributed by atoms with Crippen molar-refractivity contribution in [1.29, 1.82) is 0 Å². The number of hydrogen-bond acceptors (Lipinski definition) is 4. The van der Waals surface area contributed by atoms with E-state index in [0.29, 0.717) is 36.8 Å². The maximum Gasteiger partial charge on any atom is 0.292 e. The van der Waals surface area contributed by atoms with E-state index in [9.17, 15) is 18.0 Å². The monoisotopic (exact) mass is 456 g/mol. The summed E-state index contributed by atoms with van der Waals surface area (Å²) in [6.45, 7) is 9.14. The minimum atomic E-state index is -3.61. The molecule has 0 saturated carbocycles. The van der Waals surface area contributed by atoms with Crippen LogP contribution < -0.4 is 9.80 Å². The highest BCUT2D eigenvalue weighted by Gasteiger charge is 2.47. The van der Waals surface area contributed by atoms with E-state index in [1.807, 2.05) is 58.0 Å². The van der Waals surface area contributed by atoms with Crippen molar-refractivity contribution in [2.75, 3.05) is 31.1 Å². The summed E-state index contributed by atoms with van der Waals surface area (Å²) >= 11 is 0. The average Bonchev–Trinajstić information content (AvgIpc) is 3.01. The van der Waals surface area contributed by atoms with Gasteiger partial charge in [-0.2, -0.15) is 4.31 Å². The minimum absolute atomic E-state index is 0.158. The zero-order chi connectivity index (χ0) is 23.2. The predicted octanol–water partition coefficient (Wildman–Crippen LogP) is 1.14. The molecule has 2 aliphatic rings. The zero-order valence-corrected chi connectivity index (χ0v) is 19.8. The number of sulfonamides is 1. The van der Waals surface area contributed by atoms with Gasteiger partial charge >= 0.3 is 0 Å². The third-order valence-corrected chi connectivity index (χ3v) is 8.77. The lowest BCUT2D eigenvalue weighted by molar-refractivity contribution is -0.918. The number of aryl methyl sites for hydroxylation is 4. The SMILES string of the molecule is Cc1cc(C)c(S(=O)(=O)N2CC[NH+]([C@@H]3CC(=O)N(c4ccccc4C)C3=O)CC2)c(C)c1. The van der Waals surface area contributed by atoms with Gasteiger partial charge in [-0.05, 0) is 50.5 Å². The van der Waals surface area contributed by atoms with Crippen molar-refractivity contribution >= 4 is 27.5 Å². The van der Waals surface area contributed by atoms with E-state index >= 15 is 0 Å². The van der Waals surface area contributed by atoms with Gasteiger partial charge in [0.2, 0.25) is 15.9 Å². The number of carbonyl (C=O) groups excluding carboxylic acids is 2. The third kappa shape index (κ3) is 3.87. The number of piperazine rings is 1. The fourth-order valence-electron chi connectivity index (χ4n) is 5.08. The van der Waals surface area contributed by atoms with Crippen LogP contribution in [0.4, 0.5) is 5.69 Å². The van der Waals surface area contributed by atoms with Gasteiger partial charge in [-0.1, -0.05) is 35.9 Å². The Morgan fingerprint density at radius 3 is 2.09 bits per heavy atom. The van der Waals surface area contributed by atoms with Crippen molar-refractivity contribution in [3.8, 4) is 0 Å². The minimum Gasteiger partial charge on any atom is -0.322 e. The van der Waals surface area contributed by atoms with Gasteiger partial charge in [-0.25, -0.2) is 13.3 Å². The third-order valence-electron chi connectivity index (χ3n) is 6.56. The maximum absolute atomic E-state index is 13.3. The fraction of sp³-hybridized carbons (Fsp3) is 0.417. The molecule has 0 bridgehead atoms. The Morgan fingerprint density at radius 2 is 1.50 bits per heavy atom. The molecule has 7 nitrogen and oxygen atoms in total. The van der Waals surface area contributed by atoms with Crippen molar-refractivity contribution in [3.05, 3.63) is 58.7 Å². The standard InChI is InChI=1S/C24H29N3O4S/c1-16-13-18(3)23(19(4)14-16)32(30,31)26-11-9-25(10-12-26)21-15-22(28)27(24(21)29)20-8-6-5-7-17(20)2/h5-8,13-14,21H,9-12,15H2,1-4H3/p+1/t21-/m1/s1. The molecule has 32 heavy (non-hydrogen) atoms. The zero-order valence-electron chi connectivity index (χ0n) is 19.0. The Morgan fingerprint density at radius 1 is 0.906 bits per heavy atom. The molecule has 2 saturated heterocycles. The fourth-order valence-corrected chi connectivity index (χ4v) is 6.94. The van der Waals surface area contributed by atoms with Gasteiger partial charge in [0.15, 0.2) is 6.04 Å². The maximum atomic E-state index is 13.3. The van der Waals surface area contributed by atoms with Crippen molar-refractivity contribution in [1.82, 2.24) is 4.31 Å². The lowest BCUT2D eigenvalue weighted by atomic mass is 10.1. The lowest BCUT2D eigenvalue weighted by Gasteiger charge is -2.34. The molecule has 2 fully saturated rings. The Kier molecular flexibility index (Phi) is 5.96. The number of carbonyl (C=O) groups is 2. The van der Waals surface area contributed by atoms with Crippen molar-refractivity contribution in [3.63, 3.8) is 0 Å². The summed E-state index contributed by atoms with van der Waals surface area (Å²) in [6.07, 6.45) is 0.158. The Balaban J connectivity index is 1.49. The van der Waals surface area contributed by atoms with Crippen LogP contribution in [0, 0.1) is 27.7 Å². The number of para-hydroxylation sites is 1. The van der Waals surface area contributed by atoms with Gasteiger partial charge < -0.3 is 4.90 Å². The van der Waals surface area contributed by atoms with Gasteiger partial charge in [-0.15, -0.1) is 0 Å². The summed E-state index contributed by atoms with van der Waals surface area (Å²) in [7, 11) is -3.61. The number of nitrogens with zero attached hydrogens (tertiary/aromatic N) is 2.